The first-order valence-electron chi connectivity index (χ1n) is 11.5. The predicted octanol–water partition coefficient (Wildman–Crippen LogP) is 5.53. The van der Waals surface area contributed by atoms with Crippen LogP contribution in [0.2, 0.25) is 0 Å². The van der Waals surface area contributed by atoms with Crippen LogP contribution in [-0.2, 0) is 6.54 Å². The summed E-state index contributed by atoms with van der Waals surface area (Å²) in [7, 11) is 0. The lowest BCUT2D eigenvalue weighted by molar-refractivity contribution is 0.143. The monoisotopic (exact) mass is 396 g/mol. The molecule has 3 aromatic rings. The smallest absolute Gasteiger partial charge is 0.0304 e. The molecule has 30 heavy (non-hydrogen) atoms. The van der Waals surface area contributed by atoms with Gasteiger partial charge in [-0.15, -0.1) is 0 Å². The van der Waals surface area contributed by atoms with Gasteiger partial charge in [-0.2, -0.15) is 0 Å². The van der Waals surface area contributed by atoms with Crippen molar-refractivity contribution in [2.75, 3.05) is 26.2 Å². The largest absolute Gasteiger partial charge is 0.298 e. The van der Waals surface area contributed by atoms with Crippen molar-refractivity contribution >= 4 is 0 Å². The molecule has 0 amide bonds. The SMILES string of the molecule is c1ccc(CN2C[C@H](c3ccccc3)[C@@H](N3CCC(c4ccccc4)CC3)C2)cc1. The molecule has 2 saturated heterocycles. The predicted molar refractivity (Wildman–Crippen MR) is 125 cm³/mol. The van der Waals surface area contributed by atoms with Gasteiger partial charge < -0.3 is 0 Å². The van der Waals surface area contributed by atoms with Crippen molar-refractivity contribution in [3.63, 3.8) is 0 Å². The van der Waals surface area contributed by atoms with Crippen LogP contribution in [0.3, 0.4) is 0 Å². The first kappa shape index (κ1) is 19.5. The van der Waals surface area contributed by atoms with Gasteiger partial charge in [0, 0.05) is 31.6 Å². The zero-order valence-electron chi connectivity index (χ0n) is 17.7. The molecule has 0 N–H and O–H groups in total. The highest BCUT2D eigenvalue weighted by molar-refractivity contribution is 5.25. The van der Waals surface area contributed by atoms with E-state index in [1.165, 1.54) is 49.2 Å². The number of nitrogens with zero attached hydrogens (tertiary/aromatic N) is 2. The third-order valence-corrected chi connectivity index (χ3v) is 7.11. The summed E-state index contributed by atoms with van der Waals surface area (Å²) in [5.74, 6) is 1.32. The van der Waals surface area contributed by atoms with Crippen molar-refractivity contribution in [2.45, 2.75) is 37.3 Å². The third kappa shape index (κ3) is 4.35. The fraction of sp³-hybridized carbons (Fsp3) is 0.357. The van der Waals surface area contributed by atoms with Crippen LogP contribution in [0.15, 0.2) is 91.0 Å². The van der Waals surface area contributed by atoms with E-state index in [4.69, 9.17) is 0 Å². The summed E-state index contributed by atoms with van der Waals surface area (Å²) in [6.45, 7) is 5.81. The lowest BCUT2D eigenvalue weighted by atomic mass is 9.87. The molecule has 154 valence electrons. The van der Waals surface area contributed by atoms with Crippen LogP contribution in [0.5, 0.6) is 0 Å². The maximum atomic E-state index is 2.79. The maximum absolute atomic E-state index is 2.79. The van der Waals surface area contributed by atoms with Crippen LogP contribution < -0.4 is 0 Å². The molecule has 2 fully saturated rings. The minimum atomic E-state index is 0.600. The second-order valence-corrected chi connectivity index (χ2v) is 8.99. The number of rotatable bonds is 5. The van der Waals surface area contributed by atoms with Gasteiger partial charge in [0.1, 0.15) is 0 Å². The molecule has 0 aromatic heterocycles. The van der Waals surface area contributed by atoms with Crippen molar-refractivity contribution in [3.8, 4) is 0 Å². The Labute approximate surface area is 181 Å². The second-order valence-electron chi connectivity index (χ2n) is 8.99. The minimum absolute atomic E-state index is 0.600. The first-order valence-corrected chi connectivity index (χ1v) is 11.5. The van der Waals surface area contributed by atoms with Crippen LogP contribution in [0.4, 0.5) is 0 Å². The summed E-state index contributed by atoms with van der Waals surface area (Å²) in [4.78, 5) is 5.46. The Morgan fingerprint density at radius 3 is 1.83 bits per heavy atom. The van der Waals surface area contributed by atoms with E-state index in [-0.39, 0.29) is 0 Å². The summed E-state index contributed by atoms with van der Waals surface area (Å²) in [6.07, 6.45) is 2.56. The van der Waals surface area contributed by atoms with Crippen molar-refractivity contribution in [3.05, 3.63) is 108 Å². The lowest BCUT2D eigenvalue weighted by Gasteiger charge is -2.38. The van der Waals surface area contributed by atoms with Crippen molar-refractivity contribution in [1.82, 2.24) is 9.80 Å². The van der Waals surface area contributed by atoms with Crippen molar-refractivity contribution in [2.24, 2.45) is 0 Å². The Hall–Kier alpha value is -2.42. The zero-order chi connectivity index (χ0) is 20.2. The van der Waals surface area contributed by atoms with Gasteiger partial charge in [0.05, 0.1) is 0 Å². The molecule has 5 rings (SSSR count). The van der Waals surface area contributed by atoms with E-state index < -0.39 is 0 Å². The van der Waals surface area contributed by atoms with Gasteiger partial charge in [-0.1, -0.05) is 91.0 Å². The normalized spacial score (nSPS) is 23.6. The van der Waals surface area contributed by atoms with Gasteiger partial charge in [-0.3, -0.25) is 9.80 Å². The van der Waals surface area contributed by atoms with Gasteiger partial charge in [0.15, 0.2) is 0 Å². The molecule has 0 spiro atoms. The summed E-state index contributed by atoms with van der Waals surface area (Å²) >= 11 is 0. The van der Waals surface area contributed by atoms with Gasteiger partial charge in [-0.05, 0) is 48.5 Å². The standard InChI is InChI=1S/C28H32N2/c1-4-10-23(11-5-1)20-29-21-27(26-14-8-3-9-15-26)28(22-29)30-18-16-25(17-19-30)24-12-6-2-7-13-24/h1-15,25,27-28H,16-22H2/t27-,28+/m1/s1. The fourth-order valence-electron chi connectivity index (χ4n) is 5.52. The Kier molecular flexibility index (Phi) is 5.96. The van der Waals surface area contributed by atoms with Gasteiger partial charge in [0.25, 0.3) is 0 Å². The molecule has 2 aliphatic rings. The highest BCUT2D eigenvalue weighted by Crippen LogP contribution is 2.36. The van der Waals surface area contributed by atoms with Crippen LogP contribution >= 0.6 is 0 Å². The summed E-state index contributed by atoms with van der Waals surface area (Å²) in [6, 6.07) is 33.9. The molecule has 2 heterocycles. The molecule has 0 radical (unpaired) electrons. The number of hydrogen-bond acceptors (Lipinski definition) is 2. The maximum Gasteiger partial charge on any atom is 0.0304 e. The molecule has 0 saturated carbocycles. The third-order valence-electron chi connectivity index (χ3n) is 7.11. The fourth-order valence-corrected chi connectivity index (χ4v) is 5.52. The summed E-state index contributed by atoms with van der Waals surface area (Å²) < 4.78 is 0. The van der Waals surface area contributed by atoms with E-state index in [9.17, 15) is 0 Å². The van der Waals surface area contributed by atoms with Crippen LogP contribution in [0, 0.1) is 0 Å². The van der Waals surface area contributed by atoms with E-state index in [1.807, 2.05) is 0 Å². The number of likely N-dealkylation sites (tertiary alicyclic amines) is 2. The molecule has 2 heteroatoms. The molecule has 0 bridgehead atoms. The van der Waals surface area contributed by atoms with E-state index >= 15 is 0 Å². The average molecular weight is 397 g/mol. The van der Waals surface area contributed by atoms with E-state index in [1.54, 1.807) is 0 Å². The quantitative estimate of drug-likeness (QED) is 0.559. The van der Waals surface area contributed by atoms with E-state index in [0.717, 1.165) is 19.0 Å². The first-order chi connectivity index (χ1) is 14.9. The summed E-state index contributed by atoms with van der Waals surface area (Å²) in [5.41, 5.74) is 4.45. The zero-order valence-corrected chi connectivity index (χ0v) is 17.7. The molecule has 0 aliphatic carbocycles. The Morgan fingerprint density at radius 1 is 0.633 bits per heavy atom. The van der Waals surface area contributed by atoms with E-state index in [2.05, 4.69) is 101 Å². The highest BCUT2D eigenvalue weighted by atomic mass is 15.3. The highest BCUT2D eigenvalue weighted by Gasteiger charge is 2.38. The molecular formula is C28H32N2. The van der Waals surface area contributed by atoms with Gasteiger partial charge >= 0.3 is 0 Å². The Bertz CT molecular complexity index is 901. The van der Waals surface area contributed by atoms with Gasteiger partial charge in [-0.25, -0.2) is 0 Å². The van der Waals surface area contributed by atoms with Crippen molar-refractivity contribution in [1.29, 1.82) is 0 Å². The molecule has 2 atom stereocenters. The number of benzene rings is 3. The second kappa shape index (κ2) is 9.16. The minimum Gasteiger partial charge on any atom is -0.298 e. The van der Waals surface area contributed by atoms with Crippen LogP contribution in [0.25, 0.3) is 0 Å². The molecule has 2 nitrogen and oxygen atoms in total. The molecule has 2 aliphatic heterocycles. The van der Waals surface area contributed by atoms with Crippen LogP contribution in [0.1, 0.15) is 41.4 Å². The van der Waals surface area contributed by atoms with E-state index in [0.29, 0.717) is 12.0 Å². The van der Waals surface area contributed by atoms with Crippen LogP contribution in [-0.4, -0.2) is 42.0 Å². The molecular weight excluding hydrogens is 364 g/mol. The Balaban J connectivity index is 1.30. The number of piperidine rings is 1. The lowest BCUT2D eigenvalue weighted by Crippen LogP contribution is -2.44. The summed E-state index contributed by atoms with van der Waals surface area (Å²) in [5, 5.41) is 0. The molecule has 0 unspecified atom stereocenters. The molecule has 3 aromatic carbocycles. The topological polar surface area (TPSA) is 6.48 Å². The van der Waals surface area contributed by atoms with Crippen molar-refractivity contribution < 1.29 is 0 Å². The number of hydrogen-bond donors (Lipinski definition) is 0. The average Bonchev–Trinajstić information content (AvgIpc) is 3.25. The van der Waals surface area contributed by atoms with Gasteiger partial charge in [0.2, 0.25) is 0 Å². The Morgan fingerprint density at radius 2 is 1.20 bits per heavy atom.